The van der Waals surface area contributed by atoms with Crippen molar-refractivity contribution in [3.63, 3.8) is 0 Å². The molecule has 0 aliphatic carbocycles. The Morgan fingerprint density at radius 2 is 2.30 bits per heavy atom. The van der Waals surface area contributed by atoms with Crippen molar-refractivity contribution >= 4 is 11.8 Å². The van der Waals surface area contributed by atoms with Gasteiger partial charge < -0.3 is 19.4 Å². The molecule has 2 amide bonds. The average molecular weight is 281 g/mol. The molecule has 0 saturated carbocycles. The predicted molar refractivity (Wildman–Crippen MR) is 70.1 cm³/mol. The lowest BCUT2D eigenvalue weighted by Crippen LogP contribution is -2.34. The smallest absolute Gasteiger partial charge is 0.275 e. The summed E-state index contributed by atoms with van der Waals surface area (Å²) in [6.45, 7) is 2.98. The highest BCUT2D eigenvalue weighted by molar-refractivity contribution is 5.93. The Kier molecular flexibility index (Phi) is 4.39. The Morgan fingerprint density at radius 1 is 1.55 bits per heavy atom. The van der Waals surface area contributed by atoms with Gasteiger partial charge in [-0.05, 0) is 0 Å². The largest absolute Gasteiger partial charge is 0.448 e. The van der Waals surface area contributed by atoms with Crippen LogP contribution in [0.4, 0.5) is 0 Å². The molecule has 2 rings (SSSR count). The van der Waals surface area contributed by atoms with E-state index in [1.165, 1.54) is 6.26 Å². The molecule has 0 unspecified atom stereocenters. The number of nitrogens with one attached hydrogen (secondary N) is 1. The van der Waals surface area contributed by atoms with Gasteiger partial charge in [0.2, 0.25) is 5.91 Å². The summed E-state index contributed by atoms with van der Waals surface area (Å²) >= 11 is 0. The number of hydrogen-bond acceptors (Lipinski definition) is 5. The summed E-state index contributed by atoms with van der Waals surface area (Å²) in [6, 6.07) is 0. The van der Waals surface area contributed by atoms with Crippen LogP contribution in [0.25, 0.3) is 0 Å². The molecule has 1 aliphatic rings. The first kappa shape index (κ1) is 14.5. The lowest BCUT2D eigenvalue weighted by molar-refractivity contribution is -0.125. The lowest BCUT2D eigenvalue weighted by atomic mass is 9.96. The molecule has 1 aromatic heterocycles. The number of rotatable bonds is 4. The van der Waals surface area contributed by atoms with Crippen LogP contribution in [-0.4, -0.2) is 55.6 Å². The van der Waals surface area contributed by atoms with Crippen LogP contribution in [0.1, 0.15) is 16.4 Å². The molecule has 110 valence electrons. The molecule has 7 nitrogen and oxygen atoms in total. The Balaban J connectivity index is 2.10. The van der Waals surface area contributed by atoms with Gasteiger partial charge in [0, 0.05) is 40.1 Å². The van der Waals surface area contributed by atoms with Crippen LogP contribution >= 0.6 is 0 Å². The third-order valence-corrected chi connectivity index (χ3v) is 3.53. The van der Waals surface area contributed by atoms with Gasteiger partial charge in [-0.1, -0.05) is 0 Å². The fraction of sp³-hybridized carbons (Fsp3) is 0.615. The Morgan fingerprint density at radius 3 is 2.85 bits per heavy atom. The van der Waals surface area contributed by atoms with Crippen molar-refractivity contribution in [1.29, 1.82) is 0 Å². The molecule has 1 saturated heterocycles. The predicted octanol–water partition coefficient (Wildman–Crippen LogP) is 0.0636. The highest BCUT2D eigenvalue weighted by atomic mass is 16.5. The van der Waals surface area contributed by atoms with Crippen molar-refractivity contribution in [1.82, 2.24) is 15.2 Å². The number of ether oxygens (including phenoxy) is 1. The van der Waals surface area contributed by atoms with Crippen molar-refractivity contribution in [3.8, 4) is 0 Å². The van der Waals surface area contributed by atoms with E-state index in [4.69, 9.17) is 9.15 Å². The van der Waals surface area contributed by atoms with Crippen LogP contribution in [0.15, 0.2) is 10.7 Å². The van der Waals surface area contributed by atoms with Crippen LogP contribution in [0, 0.1) is 18.8 Å². The van der Waals surface area contributed by atoms with Gasteiger partial charge in [0.05, 0.1) is 12.5 Å². The van der Waals surface area contributed by atoms with Crippen molar-refractivity contribution in [2.75, 3.05) is 33.9 Å². The summed E-state index contributed by atoms with van der Waals surface area (Å²) in [5.74, 6) is -0.0920. The second kappa shape index (κ2) is 6.04. The normalized spacial score (nSPS) is 22.1. The first-order valence-corrected chi connectivity index (χ1v) is 6.48. The Bertz CT molecular complexity index is 500. The average Bonchev–Trinajstić information content (AvgIpc) is 3.04. The molecule has 2 heterocycles. The van der Waals surface area contributed by atoms with E-state index in [0.29, 0.717) is 25.6 Å². The molecule has 1 aliphatic heterocycles. The molecule has 0 spiro atoms. The van der Waals surface area contributed by atoms with E-state index in [1.54, 1.807) is 26.0 Å². The Hall–Kier alpha value is -1.89. The van der Waals surface area contributed by atoms with E-state index < -0.39 is 0 Å². The van der Waals surface area contributed by atoms with Crippen molar-refractivity contribution in [3.05, 3.63) is 17.8 Å². The quantitative estimate of drug-likeness (QED) is 0.844. The summed E-state index contributed by atoms with van der Waals surface area (Å²) in [4.78, 5) is 29.8. The number of amides is 2. The molecule has 1 N–H and O–H groups in total. The molecular formula is C13H19N3O4. The zero-order valence-corrected chi connectivity index (χ0v) is 11.9. The third-order valence-electron chi connectivity index (χ3n) is 3.53. The lowest BCUT2D eigenvalue weighted by Gasteiger charge is -2.14. The minimum atomic E-state index is -0.253. The fourth-order valence-corrected chi connectivity index (χ4v) is 2.53. The highest BCUT2D eigenvalue weighted by Gasteiger charge is 2.39. The monoisotopic (exact) mass is 281 g/mol. The maximum Gasteiger partial charge on any atom is 0.275 e. The number of hydrogen-bond donors (Lipinski definition) is 1. The highest BCUT2D eigenvalue weighted by Crippen LogP contribution is 2.25. The SMILES string of the molecule is CNC(=O)[C@@H]1CN(C(=O)c2coc(C)n2)C[C@H]1COC. The summed E-state index contributed by atoms with van der Waals surface area (Å²) < 4.78 is 10.2. The topological polar surface area (TPSA) is 84.7 Å². The summed E-state index contributed by atoms with van der Waals surface area (Å²) in [7, 11) is 3.18. The molecule has 0 aromatic carbocycles. The van der Waals surface area contributed by atoms with E-state index in [-0.39, 0.29) is 29.3 Å². The molecule has 7 heteroatoms. The van der Waals surface area contributed by atoms with Crippen molar-refractivity contribution in [2.24, 2.45) is 11.8 Å². The molecule has 1 fully saturated rings. The standard InChI is InChI=1S/C13H19N3O4/c1-8-15-11(7-20-8)13(18)16-4-9(6-19-3)10(5-16)12(17)14-2/h7,9-10H,4-6H2,1-3H3,(H,14,17)/t9-,10+/m0/s1. The van der Waals surface area contributed by atoms with Gasteiger partial charge in [-0.25, -0.2) is 4.98 Å². The van der Waals surface area contributed by atoms with E-state index in [1.807, 2.05) is 0 Å². The van der Waals surface area contributed by atoms with Gasteiger partial charge in [0.15, 0.2) is 11.6 Å². The number of methoxy groups -OCH3 is 1. The van der Waals surface area contributed by atoms with Crippen molar-refractivity contribution in [2.45, 2.75) is 6.92 Å². The number of oxazole rings is 1. The van der Waals surface area contributed by atoms with E-state index in [0.717, 1.165) is 0 Å². The number of carbonyl (C=O) groups is 2. The van der Waals surface area contributed by atoms with Crippen LogP contribution in [-0.2, 0) is 9.53 Å². The number of carbonyl (C=O) groups excluding carboxylic acids is 2. The van der Waals surface area contributed by atoms with Gasteiger partial charge in [-0.3, -0.25) is 9.59 Å². The van der Waals surface area contributed by atoms with Crippen LogP contribution in [0.3, 0.4) is 0 Å². The molecule has 0 bridgehead atoms. The molecule has 0 radical (unpaired) electrons. The van der Waals surface area contributed by atoms with Gasteiger partial charge in [-0.15, -0.1) is 0 Å². The van der Waals surface area contributed by atoms with Crippen LogP contribution < -0.4 is 5.32 Å². The second-order valence-electron chi connectivity index (χ2n) is 4.90. The minimum Gasteiger partial charge on any atom is -0.448 e. The number of likely N-dealkylation sites (tertiary alicyclic amines) is 1. The van der Waals surface area contributed by atoms with E-state index >= 15 is 0 Å². The van der Waals surface area contributed by atoms with Gasteiger partial charge in [-0.2, -0.15) is 0 Å². The van der Waals surface area contributed by atoms with Gasteiger partial charge in [0.1, 0.15) is 6.26 Å². The number of nitrogens with zero attached hydrogens (tertiary/aromatic N) is 2. The first-order valence-electron chi connectivity index (χ1n) is 6.48. The minimum absolute atomic E-state index is 0.00287. The second-order valence-corrected chi connectivity index (χ2v) is 4.90. The maximum atomic E-state index is 12.3. The zero-order chi connectivity index (χ0) is 14.7. The van der Waals surface area contributed by atoms with E-state index in [2.05, 4.69) is 10.3 Å². The summed E-state index contributed by atoms with van der Waals surface area (Å²) in [6.07, 6.45) is 1.34. The van der Waals surface area contributed by atoms with Crippen LogP contribution in [0.5, 0.6) is 0 Å². The fourth-order valence-electron chi connectivity index (χ4n) is 2.53. The number of aromatic nitrogens is 1. The van der Waals surface area contributed by atoms with Gasteiger partial charge in [0.25, 0.3) is 5.91 Å². The van der Waals surface area contributed by atoms with E-state index in [9.17, 15) is 9.59 Å². The summed E-state index contributed by atoms with van der Waals surface area (Å²) in [5, 5.41) is 2.63. The van der Waals surface area contributed by atoms with Gasteiger partial charge >= 0.3 is 0 Å². The molecule has 1 aromatic rings. The summed E-state index contributed by atoms with van der Waals surface area (Å²) in [5.41, 5.74) is 0.274. The van der Waals surface area contributed by atoms with Crippen molar-refractivity contribution < 1.29 is 18.7 Å². The Labute approximate surface area is 117 Å². The number of aryl methyl sites for hydroxylation is 1. The zero-order valence-electron chi connectivity index (χ0n) is 11.9. The molecule has 20 heavy (non-hydrogen) atoms. The maximum absolute atomic E-state index is 12.3. The molecular weight excluding hydrogens is 262 g/mol. The first-order chi connectivity index (χ1) is 9.56. The van der Waals surface area contributed by atoms with Crippen LogP contribution in [0.2, 0.25) is 0 Å². The molecule has 2 atom stereocenters. The third kappa shape index (κ3) is 2.82.